The Hall–Kier alpha value is -16.4. The zero-order valence-corrected chi connectivity index (χ0v) is 76.4. The van der Waals surface area contributed by atoms with Gasteiger partial charge in [-0.05, 0) is 209 Å². The molecule has 0 atom stereocenters. The third kappa shape index (κ3) is 11.3. The first kappa shape index (κ1) is 78.4. The van der Waals surface area contributed by atoms with Crippen LogP contribution in [0.25, 0.3) is 226 Å². The third-order valence-electron chi connectivity index (χ3n) is 30.9. The lowest BCUT2D eigenvalue weighted by molar-refractivity contribution is 0.645. The van der Waals surface area contributed by atoms with Crippen LogP contribution in [-0.4, -0.2) is 28.7 Å². The van der Waals surface area contributed by atoms with Crippen molar-refractivity contribution < 1.29 is 0 Å². The molecule has 0 fully saturated rings. The van der Waals surface area contributed by atoms with Gasteiger partial charge in [0.05, 0.1) is 33.1 Å². The molecule has 4 aromatic heterocycles. The van der Waals surface area contributed by atoms with Crippen molar-refractivity contribution in [2.45, 2.75) is 77.0 Å². The predicted molar refractivity (Wildman–Crippen MR) is 567 cm³/mol. The molecule has 6 heteroatoms. The molecule has 0 saturated heterocycles. The Balaban J connectivity index is 0.000000103. The van der Waals surface area contributed by atoms with E-state index in [1.165, 1.54) is 231 Å². The second-order valence-corrected chi connectivity index (χ2v) is 39.5. The number of aromatic nitrogens is 6. The van der Waals surface area contributed by atoms with Crippen LogP contribution in [0.5, 0.6) is 0 Å². The summed E-state index contributed by atoms with van der Waals surface area (Å²) in [4.78, 5) is 15.5. The van der Waals surface area contributed by atoms with Crippen molar-refractivity contribution in [1.29, 1.82) is 0 Å². The van der Waals surface area contributed by atoms with Gasteiger partial charge in [0.1, 0.15) is 0 Å². The molecule has 21 aromatic carbocycles. The number of nitrogens with zero attached hydrogens (tertiary/aromatic N) is 6. The second kappa shape index (κ2) is 29.0. The van der Waals surface area contributed by atoms with Gasteiger partial charge in [-0.3, -0.25) is 4.57 Å². The summed E-state index contributed by atoms with van der Waals surface area (Å²) in [5, 5.41) is 23.3. The lowest BCUT2D eigenvalue weighted by atomic mass is 9.68. The summed E-state index contributed by atoms with van der Waals surface area (Å²) in [5.74, 6) is 1.89. The fraction of sp³-hybridized carbons (Fsp3) is 0.0930. The maximum Gasteiger partial charge on any atom is 0.238 e. The van der Waals surface area contributed by atoms with Gasteiger partial charge in [0.15, 0.2) is 11.6 Å². The first-order chi connectivity index (χ1) is 66.0. The van der Waals surface area contributed by atoms with Crippen LogP contribution in [0, 0.1) is 0 Å². The SMILES string of the molecule is CC1(C)c2ccccc2-c2c3c1cccc3cc1c2c2c3ccccc3ccc2n1-c1ccc(-c2ccccc2)cc1.CC1(C)c2ccccc2-c2c3c1cccc3cc1c2c2c3ccccc3ccc2n1-c1nc(-c2ccccc2)nc(-c2ccccc2)n1.CC1(C)c2ccccc2-c2ccc(-n3c4cc5cccc6c5c(c4c4c5ccccc5ccc43)-c3ccccc3C6(C)C)cc21. The van der Waals surface area contributed by atoms with Crippen LogP contribution in [0.4, 0.5) is 0 Å². The lowest BCUT2D eigenvalue weighted by Crippen LogP contribution is -2.23. The van der Waals surface area contributed by atoms with Crippen LogP contribution in [0.1, 0.15) is 99.9 Å². The number of fused-ring (bicyclic) bond motifs is 27. The highest BCUT2D eigenvalue weighted by Crippen LogP contribution is 2.60. The van der Waals surface area contributed by atoms with Crippen molar-refractivity contribution in [1.82, 2.24) is 28.7 Å². The Kier molecular flexibility index (Phi) is 16.9. The summed E-state index contributed by atoms with van der Waals surface area (Å²) in [6.45, 7) is 19.0. The molecule has 25 aromatic rings. The van der Waals surface area contributed by atoms with Gasteiger partial charge >= 0.3 is 0 Å². The molecule has 135 heavy (non-hydrogen) atoms. The summed E-state index contributed by atoms with van der Waals surface area (Å²) in [7, 11) is 0. The molecule has 0 aliphatic heterocycles. The highest BCUT2D eigenvalue weighted by Gasteiger charge is 2.41. The molecular weight excluding hydrogens is 1630 g/mol. The molecule has 0 unspecified atom stereocenters. The minimum absolute atomic E-state index is 0.0640. The van der Waals surface area contributed by atoms with E-state index in [4.69, 9.17) is 15.0 Å². The maximum atomic E-state index is 5.23. The number of rotatable bonds is 6. The van der Waals surface area contributed by atoms with Gasteiger partial charge in [-0.25, -0.2) is 4.98 Å². The zero-order chi connectivity index (χ0) is 90.2. The van der Waals surface area contributed by atoms with Crippen molar-refractivity contribution in [3.63, 3.8) is 0 Å². The van der Waals surface area contributed by atoms with E-state index >= 15 is 0 Å². The van der Waals surface area contributed by atoms with Crippen molar-refractivity contribution in [3.8, 4) is 95.7 Å². The molecule has 638 valence electrons. The number of hydrogen-bond donors (Lipinski definition) is 0. The van der Waals surface area contributed by atoms with Crippen molar-refractivity contribution in [2.24, 2.45) is 0 Å². The molecule has 0 saturated carbocycles. The minimum Gasteiger partial charge on any atom is -0.309 e. The molecule has 29 rings (SSSR count). The second-order valence-electron chi connectivity index (χ2n) is 39.5. The average Bonchev–Trinajstić information content (AvgIpc) is 1.53. The van der Waals surface area contributed by atoms with E-state index in [2.05, 4.69) is 445 Å². The van der Waals surface area contributed by atoms with E-state index < -0.39 is 0 Å². The van der Waals surface area contributed by atoms with E-state index in [0.29, 0.717) is 17.6 Å². The van der Waals surface area contributed by atoms with E-state index in [1.807, 2.05) is 36.4 Å². The van der Waals surface area contributed by atoms with Crippen LogP contribution in [0.3, 0.4) is 0 Å². The first-order valence-corrected chi connectivity index (χ1v) is 47.4. The summed E-state index contributed by atoms with van der Waals surface area (Å²) in [6.07, 6.45) is 0. The highest BCUT2D eigenvalue weighted by atomic mass is 15.2. The molecule has 6 nitrogen and oxygen atoms in total. The van der Waals surface area contributed by atoms with E-state index in [-0.39, 0.29) is 21.7 Å². The normalized spacial score (nSPS) is 14.2. The van der Waals surface area contributed by atoms with Crippen LogP contribution >= 0.6 is 0 Å². The van der Waals surface area contributed by atoms with Gasteiger partial charge in [0.25, 0.3) is 0 Å². The molecule has 4 heterocycles. The fourth-order valence-electron chi connectivity index (χ4n) is 24.6. The third-order valence-corrected chi connectivity index (χ3v) is 30.9. The molecule has 0 bridgehead atoms. The minimum atomic E-state index is -0.138. The molecule has 0 radical (unpaired) electrons. The average molecular weight is 1730 g/mol. The highest BCUT2D eigenvalue weighted by molar-refractivity contribution is 6.34. The molecular formula is C129H92N6. The maximum absolute atomic E-state index is 5.23. The predicted octanol–water partition coefficient (Wildman–Crippen LogP) is 33.7. The Morgan fingerprint density at radius 2 is 0.474 bits per heavy atom. The van der Waals surface area contributed by atoms with Gasteiger partial charge in [-0.2, -0.15) is 9.97 Å². The van der Waals surface area contributed by atoms with Gasteiger partial charge < -0.3 is 9.13 Å². The Morgan fingerprint density at radius 3 is 0.889 bits per heavy atom. The Morgan fingerprint density at radius 1 is 0.178 bits per heavy atom. The Bertz CT molecular complexity index is 9350. The van der Waals surface area contributed by atoms with E-state index in [0.717, 1.165) is 22.2 Å². The largest absolute Gasteiger partial charge is 0.309 e. The monoisotopic (exact) mass is 1720 g/mol. The van der Waals surface area contributed by atoms with Crippen LogP contribution in [0.15, 0.2) is 413 Å². The summed E-state index contributed by atoms with van der Waals surface area (Å²) >= 11 is 0. The van der Waals surface area contributed by atoms with Crippen molar-refractivity contribution in [2.75, 3.05) is 0 Å². The zero-order valence-electron chi connectivity index (χ0n) is 76.4. The van der Waals surface area contributed by atoms with E-state index in [1.54, 1.807) is 0 Å². The van der Waals surface area contributed by atoms with Crippen molar-refractivity contribution >= 4 is 130 Å². The van der Waals surface area contributed by atoms with Gasteiger partial charge in [-0.15, -0.1) is 0 Å². The summed E-state index contributed by atoms with van der Waals surface area (Å²) < 4.78 is 7.29. The quantitative estimate of drug-likeness (QED) is 0.167. The van der Waals surface area contributed by atoms with Crippen LogP contribution in [0.2, 0.25) is 0 Å². The lowest BCUT2D eigenvalue weighted by Gasteiger charge is -2.35. The first-order valence-electron chi connectivity index (χ1n) is 47.4. The number of hydrogen-bond acceptors (Lipinski definition) is 3. The fourth-order valence-corrected chi connectivity index (χ4v) is 24.6. The Labute approximate surface area is 783 Å². The topological polar surface area (TPSA) is 53.5 Å². The van der Waals surface area contributed by atoms with Gasteiger partial charge in [0.2, 0.25) is 5.95 Å². The van der Waals surface area contributed by atoms with Crippen molar-refractivity contribution in [3.05, 3.63) is 457 Å². The molecule has 0 spiro atoms. The molecule has 0 N–H and O–H groups in total. The van der Waals surface area contributed by atoms with Crippen LogP contribution in [-0.2, 0) is 21.7 Å². The molecule has 0 amide bonds. The van der Waals surface area contributed by atoms with Crippen LogP contribution < -0.4 is 0 Å². The summed E-state index contributed by atoms with van der Waals surface area (Å²) in [5.41, 5.74) is 35.4. The molecule has 4 aliphatic carbocycles. The molecule has 4 aliphatic rings. The van der Waals surface area contributed by atoms with E-state index in [9.17, 15) is 0 Å². The van der Waals surface area contributed by atoms with Gasteiger partial charge in [0, 0.05) is 93.2 Å². The standard InChI is InChI=1S/C44H30N4.C44H33N.C41H29N/c1-44(2)33-22-12-11-21-32(33)39-37-30(19-13-23-34(37)44)26-36-40(39)38-31-20-10-9-14-27(31)24-25-35(38)48(36)43-46-41(28-15-5-3-6-16-28)45-42(47-43)29-17-7-4-8-18-29;1-43(2)34-18-10-8-16-32(34)41-39-27(13-11-19-35(39)43)24-38-42(41)40-29-14-6-5-12-26(29)20-23-37(40)45(38)28-21-22-31-30-15-7-9-17-33(30)44(3,4)36(31)25-28;1-41(2)33-17-9-8-16-32(33)39-37-29(14-10-18-34(37)41)25-36-40(39)38-31-15-7-6-13-28(31)21-24-35(38)42(36)30-22-19-27(20-23-30)26-11-4-3-5-12-26/h3-26H,1-2H3;5-25H,1-4H3;3-25H,1-2H3. The summed E-state index contributed by atoms with van der Waals surface area (Å²) in [6, 6.07) is 151. The smallest absolute Gasteiger partial charge is 0.238 e. The number of benzene rings is 21. The van der Waals surface area contributed by atoms with Gasteiger partial charge in [-0.1, -0.05) is 407 Å².